The van der Waals surface area contributed by atoms with E-state index in [1.807, 2.05) is 0 Å². The first-order valence-electron chi connectivity index (χ1n) is 6.20. The number of rotatable bonds is 4. The number of carbonyl (C=O) groups is 1. The summed E-state index contributed by atoms with van der Waals surface area (Å²) in [6, 6.07) is 10.7. The fourth-order valence-corrected chi connectivity index (χ4v) is 2.39. The molecule has 5 nitrogen and oxygen atoms in total. The van der Waals surface area contributed by atoms with E-state index < -0.39 is 6.61 Å². The van der Waals surface area contributed by atoms with Gasteiger partial charge >= 0.3 is 6.61 Å². The number of amides is 1. The first kappa shape index (κ1) is 14.3. The number of halogens is 2. The van der Waals surface area contributed by atoms with Crippen molar-refractivity contribution in [2.45, 2.75) is 6.61 Å². The SMILES string of the molecule is O=C(Nc1cccc(OC(F)F)c1)c1ccc2nsnc2c1. The van der Waals surface area contributed by atoms with E-state index in [4.69, 9.17) is 0 Å². The van der Waals surface area contributed by atoms with Gasteiger partial charge in [0, 0.05) is 17.3 Å². The highest BCUT2D eigenvalue weighted by Crippen LogP contribution is 2.20. The molecule has 1 N–H and O–H groups in total. The van der Waals surface area contributed by atoms with Gasteiger partial charge in [-0.3, -0.25) is 4.79 Å². The molecule has 0 radical (unpaired) electrons. The van der Waals surface area contributed by atoms with Crippen LogP contribution in [0.25, 0.3) is 11.0 Å². The van der Waals surface area contributed by atoms with E-state index in [2.05, 4.69) is 18.8 Å². The number of aromatic nitrogens is 2. The molecule has 0 aliphatic carbocycles. The Morgan fingerprint density at radius 2 is 1.95 bits per heavy atom. The number of nitrogens with zero attached hydrogens (tertiary/aromatic N) is 2. The zero-order valence-corrected chi connectivity index (χ0v) is 11.8. The van der Waals surface area contributed by atoms with Gasteiger partial charge in [0.2, 0.25) is 0 Å². The lowest BCUT2D eigenvalue weighted by Crippen LogP contribution is -2.12. The maximum absolute atomic E-state index is 12.2. The van der Waals surface area contributed by atoms with Crippen molar-refractivity contribution in [3.05, 3.63) is 48.0 Å². The molecule has 0 atom stereocenters. The molecule has 0 aliphatic rings. The van der Waals surface area contributed by atoms with Gasteiger partial charge in [-0.15, -0.1) is 0 Å². The van der Waals surface area contributed by atoms with Gasteiger partial charge in [-0.2, -0.15) is 17.5 Å². The van der Waals surface area contributed by atoms with Crippen LogP contribution in [0.2, 0.25) is 0 Å². The monoisotopic (exact) mass is 321 g/mol. The van der Waals surface area contributed by atoms with Crippen molar-refractivity contribution in [1.29, 1.82) is 0 Å². The largest absolute Gasteiger partial charge is 0.435 e. The molecule has 3 aromatic rings. The molecule has 0 saturated heterocycles. The van der Waals surface area contributed by atoms with Crippen LogP contribution in [0, 0.1) is 0 Å². The fraction of sp³-hybridized carbons (Fsp3) is 0.0714. The Kier molecular flexibility index (Phi) is 3.92. The van der Waals surface area contributed by atoms with Gasteiger partial charge in [0.1, 0.15) is 16.8 Å². The third-order valence-corrected chi connectivity index (χ3v) is 3.39. The average Bonchev–Trinajstić information content (AvgIpc) is 2.94. The number of nitrogens with one attached hydrogen (secondary N) is 1. The van der Waals surface area contributed by atoms with E-state index in [-0.39, 0.29) is 11.7 Å². The zero-order chi connectivity index (χ0) is 15.5. The van der Waals surface area contributed by atoms with Crippen molar-refractivity contribution >= 4 is 34.4 Å². The smallest absolute Gasteiger partial charge is 0.387 e. The van der Waals surface area contributed by atoms with Crippen molar-refractivity contribution in [3.8, 4) is 5.75 Å². The van der Waals surface area contributed by atoms with E-state index >= 15 is 0 Å². The molecule has 0 bridgehead atoms. The number of benzene rings is 2. The van der Waals surface area contributed by atoms with Gasteiger partial charge in [0.05, 0.1) is 11.7 Å². The lowest BCUT2D eigenvalue weighted by atomic mass is 10.2. The molecule has 2 aromatic carbocycles. The third kappa shape index (κ3) is 3.17. The molecule has 0 aliphatic heterocycles. The highest BCUT2D eigenvalue weighted by Gasteiger charge is 2.10. The highest BCUT2D eigenvalue weighted by molar-refractivity contribution is 7.00. The van der Waals surface area contributed by atoms with Crippen LogP contribution in [0.5, 0.6) is 5.75 Å². The predicted molar refractivity (Wildman–Crippen MR) is 78.4 cm³/mol. The van der Waals surface area contributed by atoms with E-state index in [0.717, 1.165) is 11.7 Å². The second kappa shape index (κ2) is 6.02. The van der Waals surface area contributed by atoms with Gasteiger partial charge in [-0.05, 0) is 30.3 Å². The van der Waals surface area contributed by atoms with Crippen LogP contribution < -0.4 is 10.1 Å². The molecule has 0 spiro atoms. The molecule has 0 saturated carbocycles. The van der Waals surface area contributed by atoms with Crippen LogP contribution in [0.4, 0.5) is 14.5 Å². The second-order valence-corrected chi connectivity index (χ2v) is 4.86. The highest BCUT2D eigenvalue weighted by atomic mass is 32.1. The maximum atomic E-state index is 12.2. The number of alkyl halides is 2. The predicted octanol–water partition coefficient (Wildman–Crippen LogP) is 3.55. The van der Waals surface area contributed by atoms with Gasteiger partial charge in [-0.25, -0.2) is 0 Å². The summed E-state index contributed by atoms with van der Waals surface area (Å²) in [5.41, 5.74) is 2.11. The molecule has 22 heavy (non-hydrogen) atoms. The summed E-state index contributed by atoms with van der Waals surface area (Å²) in [4.78, 5) is 12.2. The van der Waals surface area contributed by atoms with Gasteiger partial charge in [0.15, 0.2) is 0 Å². The number of carbonyl (C=O) groups excluding carboxylic acids is 1. The molecule has 1 aromatic heterocycles. The molecule has 1 heterocycles. The molecule has 0 fully saturated rings. The van der Waals surface area contributed by atoms with Gasteiger partial charge in [0.25, 0.3) is 5.91 Å². The average molecular weight is 321 g/mol. The van der Waals surface area contributed by atoms with Crippen LogP contribution >= 0.6 is 11.7 Å². The summed E-state index contributed by atoms with van der Waals surface area (Å²) in [5.74, 6) is -0.393. The molecule has 8 heteroatoms. The molecule has 0 unspecified atom stereocenters. The Morgan fingerprint density at radius 1 is 1.14 bits per heavy atom. The van der Waals surface area contributed by atoms with Crippen LogP contribution in [0.1, 0.15) is 10.4 Å². The molecular weight excluding hydrogens is 312 g/mol. The van der Waals surface area contributed by atoms with E-state index in [1.54, 1.807) is 24.3 Å². The molecular formula is C14H9F2N3O2S. The summed E-state index contributed by atoms with van der Waals surface area (Å²) in [7, 11) is 0. The summed E-state index contributed by atoms with van der Waals surface area (Å²) in [6.45, 7) is -2.91. The van der Waals surface area contributed by atoms with Crippen molar-refractivity contribution < 1.29 is 18.3 Å². The summed E-state index contributed by atoms with van der Waals surface area (Å²) < 4.78 is 36.8. The Labute approximate surface area is 127 Å². The maximum Gasteiger partial charge on any atom is 0.387 e. The number of hydrogen-bond acceptors (Lipinski definition) is 5. The van der Waals surface area contributed by atoms with Crippen molar-refractivity contribution in [1.82, 2.24) is 8.75 Å². The topological polar surface area (TPSA) is 64.1 Å². The molecule has 3 rings (SSSR count). The normalized spacial score (nSPS) is 10.9. The third-order valence-electron chi connectivity index (χ3n) is 2.83. The number of hydrogen-bond donors (Lipinski definition) is 1. The standard InChI is InChI=1S/C14H9F2N3O2S/c15-14(16)21-10-3-1-2-9(7-10)17-13(20)8-4-5-11-12(6-8)19-22-18-11/h1-7,14H,(H,17,20). The van der Waals surface area contributed by atoms with E-state index in [0.29, 0.717) is 22.3 Å². The first-order chi connectivity index (χ1) is 10.6. The van der Waals surface area contributed by atoms with Gasteiger partial charge in [-0.1, -0.05) is 6.07 Å². The van der Waals surface area contributed by atoms with Crippen LogP contribution in [-0.2, 0) is 0 Å². The Balaban J connectivity index is 1.78. The van der Waals surface area contributed by atoms with Crippen molar-refractivity contribution in [2.75, 3.05) is 5.32 Å². The summed E-state index contributed by atoms with van der Waals surface area (Å²) in [6.07, 6.45) is 0. The van der Waals surface area contributed by atoms with E-state index in [9.17, 15) is 13.6 Å². The Morgan fingerprint density at radius 3 is 2.77 bits per heavy atom. The fourth-order valence-electron chi connectivity index (χ4n) is 1.88. The minimum absolute atomic E-state index is 0.0213. The Bertz CT molecular complexity index is 822. The Hall–Kier alpha value is -2.61. The summed E-state index contributed by atoms with van der Waals surface area (Å²) in [5, 5.41) is 2.62. The minimum Gasteiger partial charge on any atom is -0.435 e. The summed E-state index contributed by atoms with van der Waals surface area (Å²) >= 11 is 1.07. The number of ether oxygens (including phenoxy) is 1. The van der Waals surface area contributed by atoms with Gasteiger partial charge < -0.3 is 10.1 Å². The van der Waals surface area contributed by atoms with Crippen molar-refractivity contribution in [3.63, 3.8) is 0 Å². The quantitative estimate of drug-likeness (QED) is 0.798. The zero-order valence-electron chi connectivity index (χ0n) is 11.0. The number of anilines is 1. The molecule has 1 amide bonds. The number of fused-ring (bicyclic) bond motifs is 1. The van der Waals surface area contributed by atoms with Crippen LogP contribution in [0.3, 0.4) is 0 Å². The lowest BCUT2D eigenvalue weighted by Gasteiger charge is -2.08. The lowest BCUT2D eigenvalue weighted by molar-refractivity contribution is -0.0497. The van der Waals surface area contributed by atoms with E-state index in [1.165, 1.54) is 18.2 Å². The van der Waals surface area contributed by atoms with Crippen LogP contribution in [-0.4, -0.2) is 21.3 Å². The van der Waals surface area contributed by atoms with Crippen molar-refractivity contribution in [2.24, 2.45) is 0 Å². The van der Waals surface area contributed by atoms with Crippen LogP contribution in [0.15, 0.2) is 42.5 Å². The first-order valence-corrected chi connectivity index (χ1v) is 6.93. The minimum atomic E-state index is -2.91. The second-order valence-electron chi connectivity index (χ2n) is 4.33. The molecule has 112 valence electrons.